The molecule has 1 aromatic heterocycles. The summed E-state index contributed by atoms with van der Waals surface area (Å²) in [7, 11) is 0. The van der Waals surface area contributed by atoms with E-state index in [-0.39, 0.29) is 11.0 Å². The molecule has 3 rings (SSSR count). The Balaban J connectivity index is 1.79. The van der Waals surface area contributed by atoms with Crippen molar-refractivity contribution in [2.45, 2.75) is 32.6 Å². The minimum atomic E-state index is -0.449. The largest absolute Gasteiger partial charge is 0.398 e. The van der Waals surface area contributed by atoms with Crippen molar-refractivity contribution in [3.05, 3.63) is 70.0 Å². The summed E-state index contributed by atoms with van der Waals surface area (Å²) in [6.45, 7) is 2.16. The van der Waals surface area contributed by atoms with Gasteiger partial charge >= 0.3 is 0 Å². The first-order valence-electron chi connectivity index (χ1n) is 8.90. The minimum Gasteiger partial charge on any atom is -0.398 e. The molecule has 3 aromatic rings. The van der Waals surface area contributed by atoms with Crippen LogP contribution in [0.4, 0.5) is 11.4 Å². The number of H-pyrrole nitrogens is 1. The number of anilines is 2. The summed E-state index contributed by atoms with van der Waals surface area (Å²) in [6.07, 6.45) is 5.80. The number of aromatic nitrogens is 1. The fourth-order valence-corrected chi connectivity index (χ4v) is 3.00. The maximum absolute atomic E-state index is 12.5. The molecule has 0 aliphatic rings. The van der Waals surface area contributed by atoms with Crippen LogP contribution >= 0.6 is 0 Å². The molecule has 0 unspecified atom stereocenters. The number of unbranched alkanes of at least 4 members (excludes halogenated alkanes) is 2. The number of aryl methyl sites for hydroxylation is 1. The third-order valence-corrected chi connectivity index (χ3v) is 4.49. The Bertz CT molecular complexity index is 992. The number of hydrogen-bond acceptors (Lipinski definition) is 3. The molecule has 2 aromatic carbocycles. The van der Waals surface area contributed by atoms with E-state index in [0.717, 1.165) is 24.8 Å². The Morgan fingerprint density at radius 2 is 1.96 bits per heavy atom. The Morgan fingerprint density at radius 3 is 2.73 bits per heavy atom. The van der Waals surface area contributed by atoms with Gasteiger partial charge in [-0.1, -0.05) is 38.0 Å². The van der Waals surface area contributed by atoms with Crippen LogP contribution in [-0.2, 0) is 6.42 Å². The average Bonchev–Trinajstić information content (AvgIpc) is 2.64. The van der Waals surface area contributed by atoms with Crippen molar-refractivity contribution in [1.82, 2.24) is 4.98 Å². The number of nitrogen functional groups attached to an aromatic ring is 1. The molecule has 0 saturated carbocycles. The van der Waals surface area contributed by atoms with Crippen molar-refractivity contribution in [3.8, 4) is 0 Å². The molecule has 1 amide bonds. The lowest BCUT2D eigenvalue weighted by Crippen LogP contribution is -2.22. The standard InChI is InChI=1S/C21H23N3O2/c1-2-3-4-7-14-10-11-15(12-18(14)22)24-21(26)17-13-23-19-9-6-5-8-16(19)20(17)25/h5-6,8-13H,2-4,7,22H2,1H3,(H,23,25)(H,24,26). The van der Waals surface area contributed by atoms with Crippen molar-refractivity contribution in [2.75, 3.05) is 11.1 Å². The molecule has 0 radical (unpaired) electrons. The van der Waals surface area contributed by atoms with E-state index in [1.54, 1.807) is 24.3 Å². The fraction of sp³-hybridized carbons (Fsp3) is 0.238. The number of nitrogens with two attached hydrogens (primary N) is 1. The SMILES string of the molecule is CCCCCc1ccc(NC(=O)c2c[nH]c3ccccc3c2=O)cc1N. The van der Waals surface area contributed by atoms with Gasteiger partial charge in [-0.25, -0.2) is 0 Å². The molecule has 4 N–H and O–H groups in total. The molecule has 26 heavy (non-hydrogen) atoms. The molecule has 0 aliphatic heterocycles. The zero-order chi connectivity index (χ0) is 18.5. The van der Waals surface area contributed by atoms with Gasteiger partial charge in [0.25, 0.3) is 5.91 Å². The van der Waals surface area contributed by atoms with Crippen LogP contribution in [-0.4, -0.2) is 10.9 Å². The van der Waals surface area contributed by atoms with E-state index in [1.165, 1.54) is 12.6 Å². The lowest BCUT2D eigenvalue weighted by molar-refractivity contribution is 0.102. The summed E-state index contributed by atoms with van der Waals surface area (Å²) in [5, 5.41) is 3.25. The van der Waals surface area contributed by atoms with E-state index in [2.05, 4.69) is 17.2 Å². The number of nitrogens with one attached hydrogen (secondary N) is 2. The zero-order valence-electron chi connectivity index (χ0n) is 14.8. The fourth-order valence-electron chi connectivity index (χ4n) is 3.00. The highest BCUT2D eigenvalue weighted by atomic mass is 16.2. The lowest BCUT2D eigenvalue weighted by Gasteiger charge is -2.10. The summed E-state index contributed by atoms with van der Waals surface area (Å²) in [5.74, 6) is -0.449. The third kappa shape index (κ3) is 3.77. The first kappa shape index (κ1) is 17.7. The molecule has 0 fully saturated rings. The minimum absolute atomic E-state index is 0.0780. The molecule has 5 nitrogen and oxygen atoms in total. The van der Waals surface area contributed by atoms with Gasteiger partial charge in [-0.3, -0.25) is 9.59 Å². The van der Waals surface area contributed by atoms with Crippen LogP contribution in [0, 0.1) is 0 Å². The van der Waals surface area contributed by atoms with Crippen molar-refractivity contribution in [2.24, 2.45) is 0 Å². The molecular formula is C21H23N3O2. The molecule has 0 bridgehead atoms. The predicted octanol–water partition coefficient (Wildman–Crippen LogP) is 4.10. The molecule has 0 spiro atoms. The Labute approximate surface area is 152 Å². The van der Waals surface area contributed by atoms with E-state index in [4.69, 9.17) is 5.73 Å². The van der Waals surface area contributed by atoms with E-state index < -0.39 is 5.91 Å². The van der Waals surface area contributed by atoms with Gasteiger partial charge in [-0.2, -0.15) is 0 Å². The first-order valence-corrected chi connectivity index (χ1v) is 8.90. The van der Waals surface area contributed by atoms with Crippen molar-refractivity contribution < 1.29 is 4.79 Å². The zero-order valence-corrected chi connectivity index (χ0v) is 14.8. The third-order valence-electron chi connectivity index (χ3n) is 4.49. The first-order chi connectivity index (χ1) is 12.6. The topological polar surface area (TPSA) is 88.0 Å². The molecule has 0 saturated heterocycles. The van der Waals surface area contributed by atoms with Gasteiger partial charge in [-0.15, -0.1) is 0 Å². The summed E-state index contributed by atoms with van der Waals surface area (Å²) in [5.41, 5.74) is 8.92. The Kier molecular flexibility index (Phi) is 5.37. The average molecular weight is 349 g/mol. The Morgan fingerprint density at radius 1 is 1.15 bits per heavy atom. The van der Waals surface area contributed by atoms with Crippen LogP contribution in [0.1, 0.15) is 42.1 Å². The molecule has 0 atom stereocenters. The smallest absolute Gasteiger partial charge is 0.261 e. The lowest BCUT2D eigenvalue weighted by atomic mass is 10.0. The number of rotatable bonds is 6. The highest BCUT2D eigenvalue weighted by molar-refractivity contribution is 6.05. The summed E-state index contributed by atoms with van der Waals surface area (Å²) in [4.78, 5) is 28.0. The van der Waals surface area contributed by atoms with Gasteiger partial charge in [-0.05, 0) is 42.7 Å². The van der Waals surface area contributed by atoms with Gasteiger partial charge in [0.15, 0.2) is 0 Å². The summed E-state index contributed by atoms with van der Waals surface area (Å²) in [6, 6.07) is 12.6. The molecule has 5 heteroatoms. The van der Waals surface area contributed by atoms with E-state index in [9.17, 15) is 9.59 Å². The number of carbonyl (C=O) groups is 1. The van der Waals surface area contributed by atoms with Crippen molar-refractivity contribution >= 4 is 28.2 Å². The maximum Gasteiger partial charge on any atom is 0.261 e. The van der Waals surface area contributed by atoms with E-state index >= 15 is 0 Å². The summed E-state index contributed by atoms with van der Waals surface area (Å²) < 4.78 is 0. The molecule has 1 heterocycles. The number of carbonyl (C=O) groups excluding carboxylic acids is 1. The van der Waals surface area contributed by atoms with Crippen LogP contribution in [0.15, 0.2) is 53.5 Å². The summed E-state index contributed by atoms with van der Waals surface area (Å²) >= 11 is 0. The number of amides is 1. The van der Waals surface area contributed by atoms with Crippen LogP contribution < -0.4 is 16.5 Å². The second kappa shape index (κ2) is 7.87. The normalized spacial score (nSPS) is 10.8. The predicted molar refractivity (Wildman–Crippen MR) is 107 cm³/mol. The monoisotopic (exact) mass is 349 g/mol. The quantitative estimate of drug-likeness (QED) is 0.462. The maximum atomic E-state index is 12.5. The van der Waals surface area contributed by atoms with Crippen LogP contribution in [0.3, 0.4) is 0 Å². The number of benzene rings is 2. The van der Waals surface area contributed by atoms with Gasteiger partial charge in [0, 0.05) is 28.5 Å². The van der Waals surface area contributed by atoms with Gasteiger partial charge in [0.2, 0.25) is 5.43 Å². The number of aromatic amines is 1. The van der Waals surface area contributed by atoms with Gasteiger partial charge in [0.05, 0.1) is 0 Å². The molecule has 0 aliphatic carbocycles. The number of para-hydroxylation sites is 1. The van der Waals surface area contributed by atoms with Crippen LogP contribution in [0.2, 0.25) is 0 Å². The van der Waals surface area contributed by atoms with Crippen LogP contribution in [0.5, 0.6) is 0 Å². The number of pyridine rings is 1. The van der Waals surface area contributed by atoms with Gasteiger partial charge in [0.1, 0.15) is 5.56 Å². The number of hydrogen-bond donors (Lipinski definition) is 3. The second-order valence-electron chi connectivity index (χ2n) is 6.40. The Hall–Kier alpha value is -3.08. The highest BCUT2D eigenvalue weighted by Crippen LogP contribution is 2.20. The molecule has 134 valence electrons. The molecular weight excluding hydrogens is 326 g/mol. The van der Waals surface area contributed by atoms with Gasteiger partial charge < -0.3 is 16.0 Å². The highest BCUT2D eigenvalue weighted by Gasteiger charge is 2.13. The van der Waals surface area contributed by atoms with Crippen LogP contribution in [0.25, 0.3) is 10.9 Å². The van der Waals surface area contributed by atoms with Crippen molar-refractivity contribution in [3.63, 3.8) is 0 Å². The number of fused-ring (bicyclic) bond motifs is 1. The van der Waals surface area contributed by atoms with Crippen molar-refractivity contribution in [1.29, 1.82) is 0 Å². The van der Waals surface area contributed by atoms with E-state index in [1.807, 2.05) is 18.2 Å². The van der Waals surface area contributed by atoms with E-state index in [0.29, 0.717) is 22.3 Å². The second-order valence-corrected chi connectivity index (χ2v) is 6.40.